The number of halogens is 1. The predicted octanol–water partition coefficient (Wildman–Crippen LogP) is 2.35. The molecule has 112 valence electrons. The van der Waals surface area contributed by atoms with Gasteiger partial charge in [-0.15, -0.1) is 0 Å². The lowest BCUT2D eigenvalue weighted by atomic mass is 10.1. The van der Waals surface area contributed by atoms with Gasteiger partial charge in [0.15, 0.2) is 0 Å². The van der Waals surface area contributed by atoms with Crippen LogP contribution < -0.4 is 10.1 Å². The highest BCUT2D eigenvalue weighted by molar-refractivity contribution is 5.75. The van der Waals surface area contributed by atoms with Gasteiger partial charge in [0.1, 0.15) is 11.6 Å². The van der Waals surface area contributed by atoms with Crippen LogP contribution in [0, 0.1) is 5.82 Å². The summed E-state index contributed by atoms with van der Waals surface area (Å²) < 4.78 is 19.0. The molecule has 1 rings (SSSR count). The van der Waals surface area contributed by atoms with Crippen LogP contribution in [0.25, 0.3) is 0 Å². The molecular formula is C15H23FN2O2. The molecule has 1 unspecified atom stereocenters. The Kier molecular flexibility index (Phi) is 6.45. The highest BCUT2D eigenvalue weighted by Gasteiger charge is 2.13. The maximum Gasteiger partial charge on any atom is 0.225 e. The van der Waals surface area contributed by atoms with E-state index in [0.29, 0.717) is 12.2 Å². The lowest BCUT2D eigenvalue weighted by molar-refractivity contribution is -0.129. The molecule has 1 aromatic rings. The molecule has 0 heterocycles. The minimum absolute atomic E-state index is 0.00440. The van der Waals surface area contributed by atoms with Crippen molar-refractivity contribution in [3.05, 3.63) is 29.6 Å². The van der Waals surface area contributed by atoms with E-state index in [2.05, 4.69) is 5.32 Å². The summed E-state index contributed by atoms with van der Waals surface area (Å²) in [5.41, 5.74) is 0.768. The Hall–Kier alpha value is -1.62. The summed E-state index contributed by atoms with van der Waals surface area (Å²) in [5.74, 6) is 0.335. The van der Waals surface area contributed by atoms with Crippen molar-refractivity contribution < 1.29 is 13.9 Å². The molecule has 1 atom stereocenters. The number of hydrogen-bond acceptors (Lipinski definition) is 3. The molecule has 0 aliphatic carbocycles. The summed E-state index contributed by atoms with van der Waals surface area (Å²) in [6.45, 7) is 5.02. The highest BCUT2D eigenvalue weighted by atomic mass is 19.1. The summed E-state index contributed by atoms with van der Waals surface area (Å²) >= 11 is 0. The van der Waals surface area contributed by atoms with E-state index < -0.39 is 0 Å². The Balaban J connectivity index is 2.71. The largest absolute Gasteiger partial charge is 0.493 e. The molecule has 20 heavy (non-hydrogen) atoms. The second kappa shape index (κ2) is 7.85. The van der Waals surface area contributed by atoms with Crippen molar-refractivity contribution in [1.82, 2.24) is 10.2 Å². The van der Waals surface area contributed by atoms with Crippen LogP contribution >= 0.6 is 0 Å². The van der Waals surface area contributed by atoms with E-state index in [0.717, 1.165) is 12.1 Å². The van der Waals surface area contributed by atoms with E-state index in [1.807, 2.05) is 13.8 Å². The normalized spacial score (nSPS) is 12.1. The van der Waals surface area contributed by atoms with Crippen LogP contribution in [0.15, 0.2) is 18.2 Å². The quantitative estimate of drug-likeness (QED) is 0.834. The van der Waals surface area contributed by atoms with Gasteiger partial charge in [0.2, 0.25) is 5.91 Å². The van der Waals surface area contributed by atoms with Crippen LogP contribution in [0.1, 0.15) is 31.9 Å². The van der Waals surface area contributed by atoms with Crippen molar-refractivity contribution in [2.75, 3.05) is 27.2 Å². The molecule has 5 heteroatoms. The smallest absolute Gasteiger partial charge is 0.225 e. The minimum Gasteiger partial charge on any atom is -0.493 e. The number of rotatable bonds is 7. The molecule has 0 aromatic heterocycles. The Labute approximate surface area is 119 Å². The Morgan fingerprint density at radius 3 is 2.75 bits per heavy atom. The first kappa shape index (κ1) is 16.4. The van der Waals surface area contributed by atoms with Crippen LogP contribution in [0.3, 0.4) is 0 Å². The third-order valence-electron chi connectivity index (χ3n) is 3.02. The maximum absolute atomic E-state index is 13.4. The Morgan fingerprint density at radius 2 is 2.15 bits per heavy atom. The number of amides is 1. The van der Waals surface area contributed by atoms with Crippen molar-refractivity contribution in [1.29, 1.82) is 0 Å². The summed E-state index contributed by atoms with van der Waals surface area (Å²) in [6, 6.07) is 4.44. The van der Waals surface area contributed by atoms with E-state index >= 15 is 0 Å². The van der Waals surface area contributed by atoms with Crippen LogP contribution in [-0.4, -0.2) is 38.1 Å². The second-order valence-electron chi connectivity index (χ2n) is 4.85. The third-order valence-corrected chi connectivity index (χ3v) is 3.02. The van der Waals surface area contributed by atoms with E-state index in [4.69, 9.17) is 4.74 Å². The molecule has 0 bridgehead atoms. The second-order valence-corrected chi connectivity index (χ2v) is 4.85. The summed E-state index contributed by atoms with van der Waals surface area (Å²) in [7, 11) is 3.41. The van der Waals surface area contributed by atoms with Gasteiger partial charge in [-0.25, -0.2) is 4.39 Å². The molecular weight excluding hydrogens is 259 g/mol. The van der Waals surface area contributed by atoms with Gasteiger partial charge in [-0.1, -0.05) is 6.92 Å². The first-order chi connectivity index (χ1) is 9.45. The SMILES string of the molecule is CCNC(C)c1cc(F)ccc1OCCC(=O)N(C)C. The van der Waals surface area contributed by atoms with Gasteiger partial charge in [0, 0.05) is 25.7 Å². The molecule has 1 aromatic carbocycles. The molecule has 1 amide bonds. The topological polar surface area (TPSA) is 41.6 Å². The summed E-state index contributed by atoms with van der Waals surface area (Å²) in [5, 5.41) is 3.22. The fourth-order valence-electron chi connectivity index (χ4n) is 1.88. The van der Waals surface area contributed by atoms with Gasteiger partial charge in [-0.2, -0.15) is 0 Å². The van der Waals surface area contributed by atoms with Crippen LogP contribution in [-0.2, 0) is 4.79 Å². The minimum atomic E-state index is -0.290. The first-order valence-corrected chi connectivity index (χ1v) is 6.81. The zero-order valence-electron chi connectivity index (χ0n) is 12.6. The molecule has 4 nitrogen and oxygen atoms in total. The molecule has 0 saturated heterocycles. The molecule has 0 aliphatic heterocycles. The fourth-order valence-corrected chi connectivity index (χ4v) is 1.88. The fraction of sp³-hybridized carbons (Fsp3) is 0.533. The van der Waals surface area contributed by atoms with Gasteiger partial charge < -0.3 is 15.0 Å². The molecule has 0 spiro atoms. The molecule has 0 saturated carbocycles. The maximum atomic E-state index is 13.4. The van der Waals surface area contributed by atoms with Gasteiger partial charge in [-0.3, -0.25) is 4.79 Å². The van der Waals surface area contributed by atoms with Crippen molar-refractivity contribution in [2.45, 2.75) is 26.3 Å². The molecule has 0 aliphatic rings. The van der Waals surface area contributed by atoms with E-state index in [1.165, 1.54) is 17.0 Å². The van der Waals surface area contributed by atoms with Gasteiger partial charge in [0.05, 0.1) is 13.0 Å². The van der Waals surface area contributed by atoms with Gasteiger partial charge in [0.25, 0.3) is 0 Å². The summed E-state index contributed by atoms with van der Waals surface area (Å²) in [6.07, 6.45) is 0.305. The first-order valence-electron chi connectivity index (χ1n) is 6.81. The standard InChI is InChI=1S/C15H23FN2O2/c1-5-17-11(2)13-10-12(16)6-7-14(13)20-9-8-15(19)18(3)4/h6-7,10-11,17H,5,8-9H2,1-4H3. The van der Waals surface area contributed by atoms with Crippen molar-refractivity contribution >= 4 is 5.91 Å². The third kappa shape index (κ3) is 4.81. The van der Waals surface area contributed by atoms with E-state index in [9.17, 15) is 9.18 Å². The zero-order valence-corrected chi connectivity index (χ0v) is 12.6. The number of benzene rings is 1. The molecule has 0 radical (unpaired) electrons. The van der Waals surface area contributed by atoms with Crippen molar-refractivity contribution in [3.63, 3.8) is 0 Å². The average molecular weight is 282 g/mol. The van der Waals surface area contributed by atoms with E-state index in [-0.39, 0.29) is 24.4 Å². The van der Waals surface area contributed by atoms with Crippen molar-refractivity contribution in [2.24, 2.45) is 0 Å². The van der Waals surface area contributed by atoms with Crippen LogP contribution in [0.4, 0.5) is 4.39 Å². The average Bonchev–Trinajstić information content (AvgIpc) is 2.40. The zero-order chi connectivity index (χ0) is 15.1. The van der Waals surface area contributed by atoms with Gasteiger partial charge >= 0.3 is 0 Å². The Bertz CT molecular complexity index is 449. The molecule has 0 fully saturated rings. The van der Waals surface area contributed by atoms with Crippen molar-refractivity contribution in [3.8, 4) is 5.75 Å². The lowest BCUT2D eigenvalue weighted by Gasteiger charge is -2.18. The Morgan fingerprint density at radius 1 is 1.45 bits per heavy atom. The predicted molar refractivity (Wildman–Crippen MR) is 77.3 cm³/mol. The van der Waals surface area contributed by atoms with E-state index in [1.54, 1.807) is 20.2 Å². The number of ether oxygens (including phenoxy) is 1. The highest BCUT2D eigenvalue weighted by Crippen LogP contribution is 2.26. The number of carbonyl (C=O) groups is 1. The number of nitrogens with one attached hydrogen (secondary N) is 1. The monoisotopic (exact) mass is 282 g/mol. The molecule has 1 N–H and O–H groups in total. The summed E-state index contributed by atoms with van der Waals surface area (Å²) in [4.78, 5) is 13.0. The number of nitrogens with zero attached hydrogens (tertiary/aromatic N) is 1. The van der Waals surface area contributed by atoms with Gasteiger partial charge in [-0.05, 0) is 31.7 Å². The van der Waals surface area contributed by atoms with Crippen LogP contribution in [0.5, 0.6) is 5.75 Å². The number of carbonyl (C=O) groups excluding carboxylic acids is 1. The number of hydrogen-bond donors (Lipinski definition) is 1. The lowest BCUT2D eigenvalue weighted by Crippen LogP contribution is -2.24. The van der Waals surface area contributed by atoms with Crippen LogP contribution in [0.2, 0.25) is 0 Å².